The van der Waals surface area contributed by atoms with Gasteiger partial charge in [0.1, 0.15) is 0 Å². The number of hydrogen-bond donors (Lipinski definition) is 0. The topological polar surface area (TPSA) is 0 Å². The van der Waals surface area contributed by atoms with Gasteiger partial charge in [0.25, 0.3) is 0 Å². The van der Waals surface area contributed by atoms with Crippen molar-refractivity contribution >= 4 is 29.9 Å². The molecule has 0 atom stereocenters. The van der Waals surface area contributed by atoms with Crippen LogP contribution in [0.2, 0.25) is 0 Å². The molecule has 0 saturated carbocycles. The molecule has 1 rings (SSSR count). The molecule has 0 saturated heterocycles. The maximum absolute atomic E-state index is 2.10. The molecule has 1 radical (unpaired) electrons. The van der Waals surface area contributed by atoms with Crippen LogP contribution < -0.4 is 0 Å². The second-order valence-corrected chi connectivity index (χ2v) is 3.46. The van der Waals surface area contributed by atoms with Gasteiger partial charge in [0.15, 0.2) is 0 Å². The van der Waals surface area contributed by atoms with E-state index in [4.69, 9.17) is 0 Å². The van der Waals surface area contributed by atoms with E-state index in [1.165, 1.54) is 4.90 Å². The minimum absolute atomic E-state index is 1.33. The third kappa shape index (κ3) is 1.70. The molecule has 0 N–H and O–H groups in total. The van der Waals surface area contributed by atoms with Crippen molar-refractivity contribution < 1.29 is 0 Å². The van der Waals surface area contributed by atoms with Gasteiger partial charge in [0, 0.05) is 0 Å². The Hall–Kier alpha value is 0.360. The van der Waals surface area contributed by atoms with Gasteiger partial charge < -0.3 is 0 Å². The zero-order valence-electron chi connectivity index (χ0n) is 4.20. The second kappa shape index (κ2) is 3.40. The molecule has 2 heteroatoms. The van der Waals surface area contributed by atoms with E-state index in [1.807, 2.05) is 39.1 Å². The van der Waals surface area contributed by atoms with Gasteiger partial charge in [0.2, 0.25) is 0 Å². The van der Waals surface area contributed by atoms with E-state index in [0.717, 1.165) is 0 Å². The zero-order chi connectivity index (χ0) is 5.82. The Balaban J connectivity index is 2.83. The summed E-state index contributed by atoms with van der Waals surface area (Å²) in [6.45, 7) is 0. The fourth-order valence-corrected chi connectivity index (χ4v) is 1.70. The van der Waals surface area contributed by atoms with Crippen molar-refractivity contribution in [1.82, 2.24) is 0 Å². The van der Waals surface area contributed by atoms with E-state index in [-0.39, 0.29) is 0 Å². The normalized spacial score (nSPS) is 9.12. The molecule has 0 spiro atoms. The molecule has 0 aliphatic carbocycles. The van der Waals surface area contributed by atoms with Crippen LogP contribution in [0.3, 0.4) is 0 Å². The molecular formula is C6H5STe. The van der Waals surface area contributed by atoms with E-state index in [9.17, 15) is 0 Å². The predicted octanol–water partition coefficient (Wildman–Crippen LogP) is 1.86. The van der Waals surface area contributed by atoms with Gasteiger partial charge in [-0.2, -0.15) is 0 Å². The molecule has 0 nitrogen and oxygen atoms in total. The van der Waals surface area contributed by atoms with Crippen LogP contribution in [-0.2, 0) is 0 Å². The summed E-state index contributed by atoms with van der Waals surface area (Å²) in [5.74, 6) is 0. The molecule has 0 unspecified atom stereocenters. The molecular weight excluding hydrogens is 232 g/mol. The summed E-state index contributed by atoms with van der Waals surface area (Å²) in [5, 5.41) is 0. The number of rotatable bonds is 1. The summed E-state index contributed by atoms with van der Waals surface area (Å²) in [6, 6.07) is 10.3. The quantitative estimate of drug-likeness (QED) is 0.671. The average Bonchev–Trinajstić information content (AvgIpc) is 1.90. The van der Waals surface area contributed by atoms with Gasteiger partial charge in [-0.3, -0.25) is 0 Å². The Labute approximate surface area is 65.1 Å². The van der Waals surface area contributed by atoms with Gasteiger partial charge in [-0.05, 0) is 0 Å². The minimum atomic E-state index is 1.33. The summed E-state index contributed by atoms with van der Waals surface area (Å²) >= 11 is 2.01. The first-order valence-electron chi connectivity index (χ1n) is 2.28. The van der Waals surface area contributed by atoms with E-state index in [1.54, 1.807) is 8.99 Å². The first-order chi connectivity index (χ1) is 3.93. The van der Waals surface area contributed by atoms with Crippen molar-refractivity contribution in [2.24, 2.45) is 0 Å². The van der Waals surface area contributed by atoms with Crippen molar-refractivity contribution in [3.63, 3.8) is 0 Å². The van der Waals surface area contributed by atoms with Crippen LogP contribution >= 0.6 is 8.99 Å². The number of benzene rings is 1. The molecule has 0 heterocycles. The van der Waals surface area contributed by atoms with Crippen LogP contribution in [-0.4, -0.2) is 20.9 Å². The summed E-state index contributed by atoms with van der Waals surface area (Å²) in [5.41, 5.74) is 0. The molecule has 1 aromatic carbocycles. The van der Waals surface area contributed by atoms with Gasteiger partial charge in [0.05, 0.1) is 0 Å². The third-order valence-corrected chi connectivity index (χ3v) is 2.95. The molecule has 8 heavy (non-hydrogen) atoms. The Morgan fingerprint density at radius 1 is 1.12 bits per heavy atom. The van der Waals surface area contributed by atoms with Crippen molar-refractivity contribution in [3.8, 4) is 0 Å². The van der Waals surface area contributed by atoms with Crippen LogP contribution in [0.1, 0.15) is 0 Å². The van der Waals surface area contributed by atoms with Crippen molar-refractivity contribution in [3.05, 3.63) is 30.3 Å². The second-order valence-electron chi connectivity index (χ2n) is 1.40. The molecule has 0 aromatic heterocycles. The van der Waals surface area contributed by atoms with Crippen LogP contribution in [0.25, 0.3) is 0 Å². The summed E-state index contributed by atoms with van der Waals surface area (Å²) < 4.78 is 0. The first kappa shape index (κ1) is 6.48. The summed E-state index contributed by atoms with van der Waals surface area (Å²) in [7, 11) is 1.78. The van der Waals surface area contributed by atoms with Crippen molar-refractivity contribution in [2.75, 3.05) is 0 Å². The first-order valence-corrected chi connectivity index (χ1v) is 5.88. The standard InChI is InChI=1S/C6H5STe/c8-7-6-4-2-1-3-5-6/h1-5H. The van der Waals surface area contributed by atoms with Gasteiger partial charge >= 0.3 is 65.1 Å². The van der Waals surface area contributed by atoms with Gasteiger partial charge in [-0.1, -0.05) is 0 Å². The third-order valence-electron chi connectivity index (χ3n) is 0.839. The Bertz CT molecular complexity index is 150. The fourth-order valence-electron chi connectivity index (χ4n) is 0.476. The van der Waals surface area contributed by atoms with Crippen LogP contribution in [0.4, 0.5) is 0 Å². The number of hydrogen-bond acceptors (Lipinski definition) is 1. The van der Waals surface area contributed by atoms with Crippen LogP contribution in [0.5, 0.6) is 0 Å². The molecule has 0 aliphatic rings. The SMILES string of the molecule is [Te]Sc1ccccc1. The van der Waals surface area contributed by atoms with E-state index >= 15 is 0 Å². The monoisotopic (exact) mass is 239 g/mol. The average molecular weight is 237 g/mol. The van der Waals surface area contributed by atoms with E-state index in [0.29, 0.717) is 0 Å². The van der Waals surface area contributed by atoms with Gasteiger partial charge in [-0.25, -0.2) is 0 Å². The predicted molar refractivity (Wildman–Crippen MR) is 38.1 cm³/mol. The summed E-state index contributed by atoms with van der Waals surface area (Å²) in [4.78, 5) is 1.33. The Morgan fingerprint density at radius 3 is 2.12 bits per heavy atom. The van der Waals surface area contributed by atoms with Gasteiger partial charge in [-0.15, -0.1) is 0 Å². The summed E-state index contributed by atoms with van der Waals surface area (Å²) in [6.07, 6.45) is 0. The van der Waals surface area contributed by atoms with E-state index in [2.05, 4.69) is 12.1 Å². The van der Waals surface area contributed by atoms with E-state index < -0.39 is 0 Å². The molecule has 0 aliphatic heterocycles. The van der Waals surface area contributed by atoms with Crippen LogP contribution in [0, 0.1) is 0 Å². The molecule has 1 aromatic rings. The van der Waals surface area contributed by atoms with Crippen LogP contribution in [0.15, 0.2) is 35.2 Å². The zero-order valence-corrected chi connectivity index (χ0v) is 7.35. The maximum atomic E-state index is 2.10. The van der Waals surface area contributed by atoms with Crippen molar-refractivity contribution in [2.45, 2.75) is 4.90 Å². The molecule has 41 valence electrons. The molecule has 0 amide bonds. The molecule has 0 fully saturated rings. The molecule has 0 bridgehead atoms. The Kier molecular flexibility index (Phi) is 2.75. The fraction of sp³-hybridized carbons (Fsp3) is 0. The van der Waals surface area contributed by atoms with Crippen molar-refractivity contribution in [1.29, 1.82) is 0 Å². The Morgan fingerprint density at radius 2 is 1.75 bits per heavy atom.